The summed E-state index contributed by atoms with van der Waals surface area (Å²) >= 11 is 1.62. The summed E-state index contributed by atoms with van der Waals surface area (Å²) in [5.41, 5.74) is 5.51. The predicted octanol–water partition coefficient (Wildman–Crippen LogP) is 2.32. The number of amides is 1. The van der Waals surface area contributed by atoms with E-state index in [2.05, 4.69) is 5.32 Å². The minimum absolute atomic E-state index is 0. The number of benzene rings is 1. The Morgan fingerprint density at radius 1 is 1.32 bits per heavy atom. The van der Waals surface area contributed by atoms with E-state index >= 15 is 0 Å². The van der Waals surface area contributed by atoms with Gasteiger partial charge in [0, 0.05) is 23.6 Å². The van der Waals surface area contributed by atoms with Crippen LogP contribution in [0.25, 0.3) is 0 Å². The monoisotopic (exact) mass is 348 g/mol. The summed E-state index contributed by atoms with van der Waals surface area (Å²) in [5.74, 6) is 2.49. The van der Waals surface area contributed by atoms with Crippen molar-refractivity contribution in [3.8, 4) is 11.5 Å². The van der Waals surface area contributed by atoms with E-state index in [0.29, 0.717) is 36.9 Å². The normalized spacial score (nSPS) is 11.3. The van der Waals surface area contributed by atoms with Gasteiger partial charge in [-0.05, 0) is 30.7 Å². The molecule has 0 aliphatic rings. The Bertz CT molecular complexity index is 460. The molecule has 0 fully saturated rings. The van der Waals surface area contributed by atoms with Gasteiger partial charge in [-0.25, -0.2) is 0 Å². The van der Waals surface area contributed by atoms with Crippen molar-refractivity contribution in [2.75, 3.05) is 33.1 Å². The fourth-order valence-corrected chi connectivity index (χ4v) is 2.51. The molecule has 0 radical (unpaired) electrons. The molecule has 0 bridgehead atoms. The summed E-state index contributed by atoms with van der Waals surface area (Å²) in [6, 6.07) is 5.74. The molecule has 0 saturated heterocycles. The first-order valence-corrected chi connectivity index (χ1v) is 7.90. The smallest absolute Gasteiger partial charge is 0.220 e. The molecule has 1 unspecified atom stereocenters. The van der Waals surface area contributed by atoms with E-state index in [0.717, 1.165) is 10.6 Å². The van der Waals surface area contributed by atoms with Crippen molar-refractivity contribution in [2.24, 2.45) is 11.7 Å². The number of carbonyl (C=O) groups excluding carboxylic acids is 1. The maximum absolute atomic E-state index is 11.7. The number of halogens is 1. The zero-order valence-electron chi connectivity index (χ0n) is 13.3. The maximum Gasteiger partial charge on any atom is 0.220 e. The highest BCUT2D eigenvalue weighted by Gasteiger charge is 2.07. The number of ether oxygens (including phenoxy) is 2. The molecule has 1 rings (SSSR count). The molecule has 1 aromatic carbocycles. The minimum Gasteiger partial charge on any atom is -0.493 e. The zero-order chi connectivity index (χ0) is 15.7. The quantitative estimate of drug-likeness (QED) is 0.670. The number of rotatable bonds is 9. The van der Waals surface area contributed by atoms with Gasteiger partial charge in [-0.2, -0.15) is 0 Å². The van der Waals surface area contributed by atoms with Gasteiger partial charge in [0.05, 0.1) is 14.2 Å². The molecule has 22 heavy (non-hydrogen) atoms. The van der Waals surface area contributed by atoms with Crippen LogP contribution in [0.5, 0.6) is 11.5 Å². The van der Waals surface area contributed by atoms with Crippen LogP contribution in [0.15, 0.2) is 23.1 Å². The van der Waals surface area contributed by atoms with Gasteiger partial charge in [0.15, 0.2) is 11.5 Å². The van der Waals surface area contributed by atoms with Crippen LogP contribution in [-0.4, -0.2) is 39.0 Å². The summed E-state index contributed by atoms with van der Waals surface area (Å²) < 4.78 is 10.4. The molecule has 1 aromatic rings. The van der Waals surface area contributed by atoms with Crippen LogP contribution in [0.4, 0.5) is 0 Å². The Morgan fingerprint density at radius 2 is 2.00 bits per heavy atom. The summed E-state index contributed by atoms with van der Waals surface area (Å²) in [7, 11) is 3.22. The van der Waals surface area contributed by atoms with Crippen LogP contribution in [-0.2, 0) is 4.79 Å². The minimum atomic E-state index is 0. The van der Waals surface area contributed by atoms with Crippen molar-refractivity contribution in [1.29, 1.82) is 0 Å². The molecule has 0 heterocycles. The average Bonchev–Trinajstić information content (AvgIpc) is 2.52. The Kier molecular flexibility index (Phi) is 10.9. The summed E-state index contributed by atoms with van der Waals surface area (Å²) in [6.07, 6.45) is 0.482. The maximum atomic E-state index is 11.7. The van der Waals surface area contributed by atoms with E-state index in [9.17, 15) is 4.79 Å². The molecule has 1 atom stereocenters. The number of hydrogen-bond acceptors (Lipinski definition) is 5. The number of carbonyl (C=O) groups is 1. The highest BCUT2D eigenvalue weighted by atomic mass is 35.5. The highest BCUT2D eigenvalue weighted by molar-refractivity contribution is 7.99. The first-order chi connectivity index (χ1) is 10.1. The van der Waals surface area contributed by atoms with Crippen LogP contribution in [0, 0.1) is 5.92 Å². The van der Waals surface area contributed by atoms with Crippen LogP contribution >= 0.6 is 24.2 Å². The fraction of sp³-hybridized carbons (Fsp3) is 0.533. The Morgan fingerprint density at radius 3 is 2.59 bits per heavy atom. The van der Waals surface area contributed by atoms with E-state index in [1.165, 1.54) is 0 Å². The van der Waals surface area contributed by atoms with E-state index in [4.69, 9.17) is 15.2 Å². The zero-order valence-corrected chi connectivity index (χ0v) is 14.9. The molecule has 7 heteroatoms. The van der Waals surface area contributed by atoms with Crippen molar-refractivity contribution in [3.05, 3.63) is 18.2 Å². The molecule has 1 amide bonds. The lowest BCUT2D eigenvalue weighted by Gasteiger charge is -2.11. The lowest BCUT2D eigenvalue weighted by atomic mass is 10.2. The van der Waals surface area contributed by atoms with Crippen molar-refractivity contribution in [1.82, 2.24) is 5.32 Å². The molecule has 0 aliphatic carbocycles. The topological polar surface area (TPSA) is 73.6 Å². The molecule has 126 valence electrons. The summed E-state index contributed by atoms with van der Waals surface area (Å²) in [5, 5.41) is 2.88. The van der Waals surface area contributed by atoms with E-state index in [1.807, 2.05) is 25.1 Å². The van der Waals surface area contributed by atoms with Gasteiger partial charge in [-0.15, -0.1) is 24.2 Å². The van der Waals surface area contributed by atoms with Crippen LogP contribution in [0.2, 0.25) is 0 Å². The van der Waals surface area contributed by atoms with Crippen LogP contribution in [0.3, 0.4) is 0 Å². The number of thioether (sulfide) groups is 1. The molecule has 0 saturated carbocycles. The second-order valence-corrected chi connectivity index (χ2v) is 5.93. The van der Waals surface area contributed by atoms with Gasteiger partial charge >= 0.3 is 0 Å². The molecule has 5 nitrogen and oxygen atoms in total. The standard InChI is InChI=1S/C15H24N2O3S.ClH/c1-11(9-16)10-17-15(18)6-7-21-12-4-5-13(19-2)14(8-12)20-3;/h4-5,8,11H,6-7,9-10,16H2,1-3H3,(H,17,18);1H. The molecular formula is C15H25ClN2O3S. The fourth-order valence-electron chi connectivity index (χ4n) is 1.63. The van der Waals surface area contributed by atoms with Crippen molar-refractivity contribution in [3.63, 3.8) is 0 Å². The third-order valence-corrected chi connectivity index (χ3v) is 4.00. The molecule has 3 N–H and O–H groups in total. The molecular weight excluding hydrogens is 324 g/mol. The van der Waals surface area contributed by atoms with Crippen LogP contribution < -0.4 is 20.5 Å². The lowest BCUT2D eigenvalue weighted by molar-refractivity contribution is -0.120. The lowest BCUT2D eigenvalue weighted by Crippen LogP contribution is -2.31. The van der Waals surface area contributed by atoms with Crippen molar-refractivity contribution >= 4 is 30.1 Å². The highest BCUT2D eigenvalue weighted by Crippen LogP contribution is 2.31. The van der Waals surface area contributed by atoms with Crippen LogP contribution in [0.1, 0.15) is 13.3 Å². The van der Waals surface area contributed by atoms with Gasteiger partial charge in [0.1, 0.15) is 0 Å². The SMILES string of the molecule is COc1ccc(SCCC(=O)NCC(C)CN)cc1OC.Cl. The van der Waals surface area contributed by atoms with Gasteiger partial charge in [0.2, 0.25) is 5.91 Å². The Labute approximate surface area is 142 Å². The average molecular weight is 349 g/mol. The van der Waals surface area contributed by atoms with Crippen molar-refractivity contribution in [2.45, 2.75) is 18.2 Å². The third-order valence-electron chi connectivity index (χ3n) is 3.00. The van der Waals surface area contributed by atoms with E-state index in [-0.39, 0.29) is 18.3 Å². The molecule has 0 spiro atoms. The van der Waals surface area contributed by atoms with Crippen molar-refractivity contribution < 1.29 is 14.3 Å². The number of nitrogens with one attached hydrogen (secondary N) is 1. The predicted molar refractivity (Wildman–Crippen MR) is 93.4 cm³/mol. The Hall–Kier alpha value is -1.11. The second kappa shape index (κ2) is 11.5. The first kappa shape index (κ1) is 20.9. The van der Waals surface area contributed by atoms with Gasteiger partial charge in [0.25, 0.3) is 0 Å². The number of methoxy groups -OCH3 is 2. The molecule has 0 aliphatic heterocycles. The van der Waals surface area contributed by atoms with Gasteiger partial charge in [-0.3, -0.25) is 4.79 Å². The first-order valence-electron chi connectivity index (χ1n) is 6.92. The number of nitrogens with two attached hydrogens (primary N) is 1. The Balaban J connectivity index is 0.00000441. The number of hydrogen-bond donors (Lipinski definition) is 2. The largest absolute Gasteiger partial charge is 0.493 e. The van der Waals surface area contributed by atoms with E-state index < -0.39 is 0 Å². The van der Waals surface area contributed by atoms with E-state index in [1.54, 1.807) is 26.0 Å². The van der Waals surface area contributed by atoms with Gasteiger partial charge < -0.3 is 20.5 Å². The summed E-state index contributed by atoms with van der Waals surface area (Å²) in [6.45, 7) is 3.23. The third kappa shape index (κ3) is 7.24. The second-order valence-electron chi connectivity index (χ2n) is 4.76. The summed E-state index contributed by atoms with van der Waals surface area (Å²) in [4.78, 5) is 12.7. The van der Waals surface area contributed by atoms with Gasteiger partial charge in [-0.1, -0.05) is 6.92 Å². The molecule has 0 aromatic heterocycles.